The minimum atomic E-state index is 0.0387. The second-order valence-electron chi connectivity index (χ2n) is 7.14. The van der Waals surface area contributed by atoms with E-state index in [9.17, 15) is 4.79 Å². The average Bonchev–Trinajstić information content (AvgIpc) is 3.63. The molecule has 0 spiro atoms. The van der Waals surface area contributed by atoms with Crippen molar-refractivity contribution in [2.24, 2.45) is 0 Å². The molecule has 1 fully saturated rings. The van der Waals surface area contributed by atoms with Gasteiger partial charge in [0.25, 0.3) is 5.91 Å². The summed E-state index contributed by atoms with van der Waals surface area (Å²) in [5, 5.41) is 0.932. The Labute approximate surface area is 181 Å². The Hall–Kier alpha value is -2.99. The quantitative estimate of drug-likeness (QED) is 0.510. The highest BCUT2D eigenvalue weighted by Gasteiger charge is 2.33. The molecule has 5 nitrogen and oxygen atoms in total. The van der Waals surface area contributed by atoms with Gasteiger partial charge in [0.15, 0.2) is 0 Å². The first-order valence-electron chi connectivity index (χ1n) is 9.89. The molecule has 0 aliphatic heterocycles. The molecule has 1 saturated carbocycles. The fraction of sp³-hybridized carbons (Fsp3) is 0.250. The zero-order chi connectivity index (χ0) is 20.9. The van der Waals surface area contributed by atoms with Crippen LogP contribution in [-0.4, -0.2) is 36.1 Å². The van der Waals surface area contributed by atoms with Crippen LogP contribution < -0.4 is 9.47 Å². The molecule has 3 aromatic rings. The lowest BCUT2D eigenvalue weighted by atomic mass is 10.1. The summed E-state index contributed by atoms with van der Waals surface area (Å²) >= 11 is 1.58. The van der Waals surface area contributed by atoms with Gasteiger partial charge in [-0.05, 0) is 67.4 Å². The third-order valence-corrected chi connectivity index (χ3v) is 6.00. The lowest BCUT2D eigenvalue weighted by molar-refractivity contribution is 0.0728. The Bertz CT molecular complexity index is 1000. The molecule has 1 heterocycles. The molecule has 0 N–H and O–H groups in total. The number of aromatic nitrogens is 1. The van der Waals surface area contributed by atoms with Gasteiger partial charge >= 0.3 is 0 Å². The van der Waals surface area contributed by atoms with Crippen molar-refractivity contribution in [2.45, 2.75) is 35.3 Å². The van der Waals surface area contributed by atoms with Crippen LogP contribution in [0.25, 0.3) is 0 Å². The van der Waals surface area contributed by atoms with Crippen molar-refractivity contribution in [2.75, 3.05) is 14.2 Å². The van der Waals surface area contributed by atoms with E-state index in [-0.39, 0.29) is 11.9 Å². The van der Waals surface area contributed by atoms with Gasteiger partial charge in [0.05, 0.1) is 20.8 Å². The highest BCUT2D eigenvalue weighted by atomic mass is 32.2. The number of hydrogen-bond donors (Lipinski definition) is 0. The molecule has 1 aliphatic rings. The summed E-state index contributed by atoms with van der Waals surface area (Å²) in [6, 6.07) is 19.5. The second-order valence-corrected chi connectivity index (χ2v) is 8.23. The first kappa shape index (κ1) is 20.3. The Balaban J connectivity index is 1.52. The molecule has 2 aromatic carbocycles. The van der Waals surface area contributed by atoms with E-state index in [1.54, 1.807) is 32.2 Å². The van der Waals surface area contributed by atoms with E-state index in [2.05, 4.69) is 4.98 Å². The summed E-state index contributed by atoms with van der Waals surface area (Å²) in [5.41, 5.74) is 1.63. The van der Waals surface area contributed by atoms with Crippen molar-refractivity contribution in [3.8, 4) is 11.5 Å². The van der Waals surface area contributed by atoms with E-state index in [1.165, 1.54) is 0 Å². The number of methoxy groups -OCH3 is 2. The van der Waals surface area contributed by atoms with Crippen molar-refractivity contribution in [3.05, 3.63) is 78.0 Å². The SMILES string of the molecule is COc1ccc(OC)c(CN(C(=O)c2ccc(Sc3ccccn3)cc2)C2CC2)c1. The average molecular weight is 421 g/mol. The molecule has 0 bridgehead atoms. The molecular weight excluding hydrogens is 396 g/mol. The third-order valence-electron chi connectivity index (χ3n) is 5.04. The zero-order valence-electron chi connectivity index (χ0n) is 17.1. The van der Waals surface area contributed by atoms with E-state index >= 15 is 0 Å². The van der Waals surface area contributed by atoms with Crippen LogP contribution in [0.5, 0.6) is 11.5 Å². The van der Waals surface area contributed by atoms with E-state index in [4.69, 9.17) is 9.47 Å². The van der Waals surface area contributed by atoms with Gasteiger partial charge in [0, 0.05) is 28.3 Å². The number of carbonyl (C=O) groups is 1. The highest BCUT2D eigenvalue weighted by molar-refractivity contribution is 7.99. The van der Waals surface area contributed by atoms with Crippen LogP contribution in [0.3, 0.4) is 0 Å². The predicted molar refractivity (Wildman–Crippen MR) is 117 cm³/mol. The Morgan fingerprint density at radius 2 is 1.87 bits per heavy atom. The molecule has 0 atom stereocenters. The van der Waals surface area contributed by atoms with Crippen LogP contribution in [0.1, 0.15) is 28.8 Å². The van der Waals surface area contributed by atoms with Crippen LogP contribution in [0.2, 0.25) is 0 Å². The molecule has 0 unspecified atom stereocenters. The lowest BCUT2D eigenvalue weighted by Crippen LogP contribution is -2.32. The van der Waals surface area contributed by atoms with Crippen LogP contribution in [-0.2, 0) is 6.54 Å². The van der Waals surface area contributed by atoms with Gasteiger partial charge in [-0.3, -0.25) is 4.79 Å². The minimum Gasteiger partial charge on any atom is -0.497 e. The van der Waals surface area contributed by atoms with Gasteiger partial charge in [-0.1, -0.05) is 17.8 Å². The maximum atomic E-state index is 13.3. The van der Waals surface area contributed by atoms with Gasteiger partial charge < -0.3 is 14.4 Å². The first-order valence-corrected chi connectivity index (χ1v) is 10.7. The fourth-order valence-electron chi connectivity index (χ4n) is 3.30. The molecule has 1 aliphatic carbocycles. The normalized spacial score (nSPS) is 13.0. The van der Waals surface area contributed by atoms with Gasteiger partial charge in [-0.2, -0.15) is 0 Å². The van der Waals surface area contributed by atoms with Crippen molar-refractivity contribution in [3.63, 3.8) is 0 Å². The summed E-state index contributed by atoms with van der Waals surface area (Å²) in [5.74, 6) is 1.55. The minimum absolute atomic E-state index is 0.0387. The number of ether oxygens (including phenoxy) is 2. The molecule has 1 aromatic heterocycles. The van der Waals surface area contributed by atoms with Crippen LogP contribution in [0.15, 0.2) is 76.8 Å². The molecule has 4 rings (SSSR count). The van der Waals surface area contributed by atoms with E-state index in [0.29, 0.717) is 12.1 Å². The number of hydrogen-bond acceptors (Lipinski definition) is 5. The number of carbonyl (C=O) groups excluding carboxylic acids is 1. The van der Waals surface area contributed by atoms with Gasteiger partial charge in [-0.15, -0.1) is 0 Å². The van der Waals surface area contributed by atoms with E-state index in [1.807, 2.05) is 65.6 Å². The van der Waals surface area contributed by atoms with Gasteiger partial charge in [0.2, 0.25) is 0 Å². The Kier molecular flexibility index (Phi) is 6.23. The molecule has 154 valence electrons. The number of rotatable bonds is 8. The van der Waals surface area contributed by atoms with Crippen LogP contribution in [0.4, 0.5) is 0 Å². The second kappa shape index (κ2) is 9.22. The fourth-order valence-corrected chi connectivity index (χ4v) is 4.08. The highest BCUT2D eigenvalue weighted by Crippen LogP contribution is 2.33. The zero-order valence-corrected chi connectivity index (χ0v) is 17.9. The summed E-state index contributed by atoms with van der Waals surface area (Å²) in [7, 11) is 3.28. The predicted octanol–water partition coefficient (Wildman–Crippen LogP) is 5.05. The summed E-state index contributed by atoms with van der Waals surface area (Å²) < 4.78 is 10.9. The Morgan fingerprint density at radius 1 is 1.07 bits per heavy atom. The largest absolute Gasteiger partial charge is 0.497 e. The van der Waals surface area contributed by atoms with Crippen molar-refractivity contribution < 1.29 is 14.3 Å². The maximum absolute atomic E-state index is 13.3. The van der Waals surface area contributed by atoms with Crippen LogP contribution >= 0.6 is 11.8 Å². The van der Waals surface area contributed by atoms with Crippen molar-refractivity contribution in [1.82, 2.24) is 9.88 Å². The maximum Gasteiger partial charge on any atom is 0.254 e. The topological polar surface area (TPSA) is 51.7 Å². The monoisotopic (exact) mass is 420 g/mol. The molecular formula is C24H24N2O3S. The van der Waals surface area contributed by atoms with Gasteiger partial charge in [0.1, 0.15) is 16.5 Å². The van der Waals surface area contributed by atoms with Crippen LogP contribution in [0, 0.1) is 0 Å². The summed E-state index contributed by atoms with van der Waals surface area (Å²) in [4.78, 5) is 20.6. The first-order chi connectivity index (χ1) is 14.7. The van der Waals surface area contributed by atoms with E-state index < -0.39 is 0 Å². The van der Waals surface area contributed by atoms with Crippen molar-refractivity contribution >= 4 is 17.7 Å². The van der Waals surface area contributed by atoms with Gasteiger partial charge in [-0.25, -0.2) is 4.98 Å². The van der Waals surface area contributed by atoms with E-state index in [0.717, 1.165) is 39.8 Å². The number of benzene rings is 2. The lowest BCUT2D eigenvalue weighted by Gasteiger charge is -2.24. The molecule has 0 saturated heterocycles. The van der Waals surface area contributed by atoms with Crippen molar-refractivity contribution in [1.29, 1.82) is 0 Å². The third kappa shape index (κ3) is 4.76. The number of amides is 1. The number of pyridine rings is 1. The molecule has 0 radical (unpaired) electrons. The molecule has 1 amide bonds. The standard InChI is InChI=1S/C24H24N2O3S/c1-28-20-10-13-22(29-2)18(15-20)16-26(19-8-9-19)24(27)17-6-11-21(12-7-17)30-23-5-3-4-14-25-23/h3-7,10-15,19H,8-9,16H2,1-2H3. The molecule has 6 heteroatoms. The number of nitrogens with zero attached hydrogens (tertiary/aromatic N) is 2. The smallest absolute Gasteiger partial charge is 0.254 e. The summed E-state index contributed by atoms with van der Waals surface area (Å²) in [6.45, 7) is 0.494. The summed E-state index contributed by atoms with van der Waals surface area (Å²) in [6.07, 6.45) is 3.85. The Morgan fingerprint density at radius 3 is 2.50 bits per heavy atom. The molecule has 30 heavy (non-hydrogen) atoms.